The maximum absolute atomic E-state index is 12.9. The fourth-order valence-electron chi connectivity index (χ4n) is 4.07. The number of anilines is 1. The molecule has 1 aliphatic rings. The van der Waals surface area contributed by atoms with E-state index in [2.05, 4.69) is 25.2 Å². The number of amides is 1. The predicted octanol–water partition coefficient (Wildman–Crippen LogP) is 3.57. The van der Waals surface area contributed by atoms with Crippen molar-refractivity contribution in [2.45, 2.75) is 25.4 Å². The highest BCUT2D eigenvalue weighted by Crippen LogP contribution is 2.24. The Labute approximate surface area is 174 Å². The Morgan fingerprint density at radius 3 is 2.80 bits per heavy atom. The maximum Gasteiger partial charge on any atom is 0.241 e. The number of nitrogens with zero attached hydrogens (tertiary/aromatic N) is 4. The summed E-state index contributed by atoms with van der Waals surface area (Å²) in [6.07, 6.45) is 5.62. The summed E-state index contributed by atoms with van der Waals surface area (Å²) >= 11 is 0. The van der Waals surface area contributed by atoms with Crippen molar-refractivity contribution in [2.75, 3.05) is 11.9 Å². The van der Waals surface area contributed by atoms with Crippen molar-refractivity contribution in [2.24, 2.45) is 7.05 Å². The lowest BCUT2D eigenvalue weighted by molar-refractivity contribution is -0.120. The maximum atomic E-state index is 12.9. The standard InChI is InChI=1S/C23H24N6O/c1-28-14-12-24-21(28)15-29-13-4-7-20(29)23(30)25-17-10-8-16(9-11-17)22-26-18-5-2-3-6-19(18)27-22/h2-3,5-6,8-12,14,20H,4,7,13,15H2,1H3,(H,25,30)(H,26,27). The van der Waals surface area contributed by atoms with Gasteiger partial charge in [0.2, 0.25) is 5.91 Å². The number of fused-ring (bicyclic) bond motifs is 1. The molecule has 0 aliphatic carbocycles. The van der Waals surface area contributed by atoms with E-state index in [0.29, 0.717) is 6.54 Å². The molecular weight excluding hydrogens is 376 g/mol. The van der Waals surface area contributed by atoms with Gasteiger partial charge in [0.1, 0.15) is 11.6 Å². The lowest BCUT2D eigenvalue weighted by Crippen LogP contribution is -2.39. The second-order valence-corrected chi connectivity index (χ2v) is 7.75. The van der Waals surface area contributed by atoms with Crippen molar-refractivity contribution in [3.05, 3.63) is 66.7 Å². The molecule has 0 saturated carbocycles. The zero-order chi connectivity index (χ0) is 20.5. The van der Waals surface area contributed by atoms with Crippen LogP contribution in [-0.2, 0) is 18.4 Å². The predicted molar refractivity (Wildman–Crippen MR) is 117 cm³/mol. The van der Waals surface area contributed by atoms with E-state index in [1.54, 1.807) is 6.20 Å². The topological polar surface area (TPSA) is 78.8 Å². The molecule has 1 amide bonds. The molecule has 30 heavy (non-hydrogen) atoms. The lowest BCUT2D eigenvalue weighted by atomic mass is 10.1. The molecule has 1 fully saturated rings. The van der Waals surface area contributed by atoms with Gasteiger partial charge in [-0.05, 0) is 55.8 Å². The first-order valence-electron chi connectivity index (χ1n) is 10.2. The van der Waals surface area contributed by atoms with Crippen LogP contribution in [0.2, 0.25) is 0 Å². The van der Waals surface area contributed by atoms with E-state index in [1.165, 1.54) is 0 Å². The van der Waals surface area contributed by atoms with E-state index in [9.17, 15) is 4.79 Å². The number of aromatic nitrogens is 4. The number of hydrogen-bond donors (Lipinski definition) is 2. The molecule has 0 spiro atoms. The molecule has 1 atom stereocenters. The van der Waals surface area contributed by atoms with Gasteiger partial charge < -0.3 is 14.9 Å². The van der Waals surface area contributed by atoms with Gasteiger partial charge in [0, 0.05) is 30.7 Å². The fourth-order valence-corrected chi connectivity index (χ4v) is 4.07. The summed E-state index contributed by atoms with van der Waals surface area (Å²) in [6, 6.07) is 15.7. The minimum absolute atomic E-state index is 0.0400. The number of carbonyl (C=O) groups excluding carboxylic acids is 1. The van der Waals surface area contributed by atoms with E-state index in [1.807, 2.05) is 66.3 Å². The van der Waals surface area contributed by atoms with Crippen molar-refractivity contribution < 1.29 is 4.79 Å². The SMILES string of the molecule is Cn1ccnc1CN1CCCC1C(=O)Nc1ccc(-c2nc3ccccc3[nH]2)cc1. The van der Waals surface area contributed by atoms with Gasteiger partial charge in [0.15, 0.2) is 0 Å². The van der Waals surface area contributed by atoms with Crippen molar-refractivity contribution in [1.29, 1.82) is 0 Å². The van der Waals surface area contributed by atoms with Crippen LogP contribution in [-0.4, -0.2) is 42.9 Å². The van der Waals surface area contributed by atoms with Crippen LogP contribution in [0.3, 0.4) is 0 Å². The van der Waals surface area contributed by atoms with E-state index in [0.717, 1.165) is 53.3 Å². The van der Waals surface area contributed by atoms with Crippen LogP contribution in [0.5, 0.6) is 0 Å². The number of rotatable bonds is 5. The number of benzene rings is 2. The van der Waals surface area contributed by atoms with E-state index in [4.69, 9.17) is 0 Å². The van der Waals surface area contributed by atoms with Crippen LogP contribution in [0.25, 0.3) is 22.4 Å². The Morgan fingerprint density at radius 2 is 2.03 bits per heavy atom. The van der Waals surface area contributed by atoms with Gasteiger partial charge in [-0.3, -0.25) is 9.69 Å². The summed E-state index contributed by atoms with van der Waals surface area (Å²) in [6.45, 7) is 1.60. The highest BCUT2D eigenvalue weighted by atomic mass is 16.2. The van der Waals surface area contributed by atoms with Crippen molar-refractivity contribution in [3.8, 4) is 11.4 Å². The van der Waals surface area contributed by atoms with E-state index >= 15 is 0 Å². The smallest absolute Gasteiger partial charge is 0.241 e. The Bertz CT molecular complexity index is 1140. The number of imidazole rings is 2. The van der Waals surface area contributed by atoms with E-state index < -0.39 is 0 Å². The molecule has 2 aromatic heterocycles. The monoisotopic (exact) mass is 400 g/mol. The summed E-state index contributed by atoms with van der Waals surface area (Å²) in [7, 11) is 1.98. The zero-order valence-corrected chi connectivity index (χ0v) is 16.9. The van der Waals surface area contributed by atoms with Gasteiger partial charge in [-0.15, -0.1) is 0 Å². The minimum Gasteiger partial charge on any atom is -0.338 e. The molecule has 0 radical (unpaired) electrons. The van der Waals surface area contributed by atoms with Gasteiger partial charge in [-0.25, -0.2) is 9.97 Å². The number of likely N-dealkylation sites (tertiary alicyclic amines) is 1. The first kappa shape index (κ1) is 18.6. The molecule has 1 unspecified atom stereocenters. The molecule has 1 aliphatic heterocycles. The Kier molecular flexibility index (Phi) is 4.80. The number of aryl methyl sites for hydroxylation is 1. The van der Waals surface area contributed by atoms with Crippen LogP contribution in [0.4, 0.5) is 5.69 Å². The number of H-pyrrole nitrogens is 1. The summed E-state index contributed by atoms with van der Waals surface area (Å²) in [5.74, 6) is 1.84. The number of hydrogen-bond acceptors (Lipinski definition) is 4. The number of para-hydroxylation sites is 2. The highest BCUT2D eigenvalue weighted by molar-refractivity contribution is 5.95. The van der Waals surface area contributed by atoms with Crippen LogP contribution < -0.4 is 5.32 Å². The molecule has 4 aromatic rings. The first-order valence-corrected chi connectivity index (χ1v) is 10.2. The highest BCUT2D eigenvalue weighted by Gasteiger charge is 2.31. The van der Waals surface area contributed by atoms with Crippen molar-refractivity contribution in [3.63, 3.8) is 0 Å². The van der Waals surface area contributed by atoms with Gasteiger partial charge in [-0.2, -0.15) is 0 Å². The molecule has 1 saturated heterocycles. The Balaban J connectivity index is 1.27. The van der Waals surface area contributed by atoms with Gasteiger partial charge in [-0.1, -0.05) is 12.1 Å². The van der Waals surface area contributed by atoms with Gasteiger partial charge in [0.05, 0.1) is 23.6 Å². The van der Waals surface area contributed by atoms with Gasteiger partial charge in [0.25, 0.3) is 0 Å². The second-order valence-electron chi connectivity index (χ2n) is 7.75. The molecule has 0 bridgehead atoms. The van der Waals surface area contributed by atoms with E-state index in [-0.39, 0.29) is 11.9 Å². The molecule has 3 heterocycles. The summed E-state index contributed by atoms with van der Waals surface area (Å²) in [4.78, 5) is 27.5. The van der Waals surface area contributed by atoms with Crippen LogP contribution in [0.15, 0.2) is 60.9 Å². The number of aromatic amines is 1. The number of carbonyl (C=O) groups is 1. The summed E-state index contributed by atoms with van der Waals surface area (Å²) in [5.41, 5.74) is 3.74. The molecule has 5 rings (SSSR count). The molecular formula is C23H24N6O. The Hall–Kier alpha value is -3.45. The van der Waals surface area contributed by atoms with Gasteiger partial charge >= 0.3 is 0 Å². The van der Waals surface area contributed by atoms with Crippen LogP contribution >= 0.6 is 0 Å². The van der Waals surface area contributed by atoms with Crippen molar-refractivity contribution >= 4 is 22.6 Å². The minimum atomic E-state index is -0.128. The average molecular weight is 400 g/mol. The molecule has 2 N–H and O–H groups in total. The Morgan fingerprint density at radius 1 is 1.20 bits per heavy atom. The molecule has 7 nitrogen and oxygen atoms in total. The quantitative estimate of drug-likeness (QED) is 0.537. The third kappa shape index (κ3) is 3.59. The van der Waals surface area contributed by atoms with Crippen LogP contribution in [0.1, 0.15) is 18.7 Å². The lowest BCUT2D eigenvalue weighted by Gasteiger charge is -2.23. The summed E-state index contributed by atoms with van der Waals surface area (Å²) < 4.78 is 2.00. The second kappa shape index (κ2) is 7.76. The molecule has 7 heteroatoms. The third-order valence-electron chi connectivity index (χ3n) is 5.75. The summed E-state index contributed by atoms with van der Waals surface area (Å²) in [5, 5.41) is 3.07. The van der Waals surface area contributed by atoms with Crippen molar-refractivity contribution in [1.82, 2.24) is 24.4 Å². The molecule has 2 aromatic carbocycles. The average Bonchev–Trinajstić information content (AvgIpc) is 3.49. The fraction of sp³-hybridized carbons (Fsp3) is 0.261. The first-order chi connectivity index (χ1) is 14.7. The third-order valence-corrected chi connectivity index (χ3v) is 5.75. The zero-order valence-electron chi connectivity index (χ0n) is 16.9. The number of nitrogens with one attached hydrogen (secondary N) is 2. The van der Waals surface area contributed by atoms with Crippen LogP contribution in [0, 0.1) is 0 Å². The molecule has 152 valence electrons. The largest absolute Gasteiger partial charge is 0.338 e. The normalized spacial score (nSPS) is 16.9.